The highest BCUT2D eigenvalue weighted by molar-refractivity contribution is 6.27. The van der Waals surface area contributed by atoms with Gasteiger partial charge in [-0.15, -0.1) is 0 Å². The van der Waals surface area contributed by atoms with Gasteiger partial charge in [-0.1, -0.05) is 18.2 Å². The largest absolute Gasteiger partial charge is 0.497 e. The summed E-state index contributed by atoms with van der Waals surface area (Å²) in [6.07, 6.45) is -4.35. The predicted molar refractivity (Wildman–Crippen MR) is 96.8 cm³/mol. The van der Waals surface area contributed by atoms with E-state index in [-0.39, 0.29) is 12.1 Å². The number of halogens is 3. The van der Waals surface area contributed by atoms with E-state index in [4.69, 9.17) is 29.3 Å². The fourth-order valence-corrected chi connectivity index (χ4v) is 2.26. The Labute approximate surface area is 164 Å². The summed E-state index contributed by atoms with van der Waals surface area (Å²) in [7, 11) is 3.09. The van der Waals surface area contributed by atoms with Gasteiger partial charge in [0.1, 0.15) is 11.5 Å². The Hall–Kier alpha value is -3.27. The molecule has 29 heavy (non-hydrogen) atoms. The van der Waals surface area contributed by atoms with E-state index in [0.29, 0.717) is 18.0 Å². The number of aliphatic carboxylic acids is 2. The van der Waals surface area contributed by atoms with Gasteiger partial charge in [-0.25, -0.2) is 9.59 Å². The van der Waals surface area contributed by atoms with Crippen molar-refractivity contribution in [3.8, 4) is 11.5 Å². The number of hydrogen-bond donors (Lipinski definition) is 3. The maximum absolute atomic E-state index is 12.9. The van der Waals surface area contributed by atoms with Gasteiger partial charge in [0.15, 0.2) is 0 Å². The van der Waals surface area contributed by atoms with E-state index < -0.39 is 23.7 Å². The van der Waals surface area contributed by atoms with E-state index >= 15 is 0 Å². The Morgan fingerprint density at radius 2 is 1.45 bits per heavy atom. The molecular formula is C19H20F3NO6. The molecule has 0 saturated heterocycles. The van der Waals surface area contributed by atoms with E-state index in [1.165, 1.54) is 12.1 Å². The monoisotopic (exact) mass is 415 g/mol. The maximum atomic E-state index is 12.9. The fourth-order valence-electron chi connectivity index (χ4n) is 2.26. The second-order valence-corrected chi connectivity index (χ2v) is 5.59. The van der Waals surface area contributed by atoms with Crippen LogP contribution in [0.3, 0.4) is 0 Å². The van der Waals surface area contributed by atoms with Crippen LogP contribution in [0.4, 0.5) is 13.2 Å². The van der Waals surface area contributed by atoms with Crippen LogP contribution in [0.5, 0.6) is 11.5 Å². The SMILES string of the molecule is COc1cc(CNCc2ccccc2C(F)(F)F)cc(OC)c1.O=C(O)C(=O)O. The first kappa shape index (κ1) is 23.8. The summed E-state index contributed by atoms with van der Waals surface area (Å²) in [5.74, 6) is -2.38. The van der Waals surface area contributed by atoms with Crippen LogP contribution < -0.4 is 14.8 Å². The van der Waals surface area contributed by atoms with Gasteiger partial charge in [-0.2, -0.15) is 13.2 Å². The molecule has 0 saturated carbocycles. The topological polar surface area (TPSA) is 105 Å². The summed E-state index contributed by atoms with van der Waals surface area (Å²) in [6.45, 7) is 0.523. The second kappa shape index (κ2) is 10.9. The molecular weight excluding hydrogens is 395 g/mol. The summed E-state index contributed by atoms with van der Waals surface area (Å²) in [4.78, 5) is 18.2. The molecule has 0 amide bonds. The van der Waals surface area contributed by atoms with Crippen molar-refractivity contribution in [2.45, 2.75) is 19.3 Å². The zero-order chi connectivity index (χ0) is 22.0. The highest BCUT2D eigenvalue weighted by Gasteiger charge is 2.32. The quantitative estimate of drug-likeness (QED) is 0.623. The molecule has 0 radical (unpaired) electrons. The molecule has 10 heteroatoms. The van der Waals surface area contributed by atoms with E-state index in [9.17, 15) is 13.2 Å². The molecule has 0 spiro atoms. The number of benzene rings is 2. The molecule has 3 N–H and O–H groups in total. The first-order valence-corrected chi connectivity index (χ1v) is 8.12. The molecule has 0 aromatic heterocycles. The van der Waals surface area contributed by atoms with Crippen molar-refractivity contribution in [3.63, 3.8) is 0 Å². The number of rotatable bonds is 6. The van der Waals surface area contributed by atoms with Crippen LogP contribution in [0.2, 0.25) is 0 Å². The van der Waals surface area contributed by atoms with Gasteiger partial charge in [0, 0.05) is 19.2 Å². The van der Waals surface area contributed by atoms with Gasteiger partial charge in [-0.3, -0.25) is 0 Å². The third kappa shape index (κ3) is 8.09. The summed E-state index contributed by atoms with van der Waals surface area (Å²) in [5.41, 5.74) is 0.469. The number of carboxylic acid groups (broad SMARTS) is 2. The second-order valence-electron chi connectivity index (χ2n) is 5.59. The van der Waals surface area contributed by atoms with E-state index in [1.54, 1.807) is 26.4 Å². The van der Waals surface area contributed by atoms with Crippen LogP contribution in [-0.2, 0) is 28.9 Å². The summed E-state index contributed by atoms with van der Waals surface area (Å²) < 4.78 is 49.1. The summed E-state index contributed by atoms with van der Waals surface area (Å²) >= 11 is 0. The molecule has 0 bridgehead atoms. The van der Waals surface area contributed by atoms with Gasteiger partial charge >= 0.3 is 18.1 Å². The Balaban J connectivity index is 0.000000612. The zero-order valence-corrected chi connectivity index (χ0v) is 15.6. The smallest absolute Gasteiger partial charge is 0.416 e. The molecule has 0 heterocycles. The third-order valence-corrected chi connectivity index (χ3v) is 3.56. The maximum Gasteiger partial charge on any atom is 0.416 e. The van der Waals surface area contributed by atoms with Gasteiger partial charge in [0.2, 0.25) is 0 Å². The number of methoxy groups -OCH3 is 2. The lowest BCUT2D eigenvalue weighted by atomic mass is 10.1. The standard InChI is InChI=1S/C17H18F3NO2.C2H2O4/c1-22-14-7-12(8-15(9-14)23-2)10-21-11-13-5-3-4-6-16(13)17(18,19)20;3-1(4)2(5)6/h3-9,21H,10-11H2,1-2H3;(H,3,4)(H,5,6). The first-order valence-electron chi connectivity index (χ1n) is 8.12. The van der Waals surface area contributed by atoms with Crippen LogP contribution in [0.1, 0.15) is 16.7 Å². The molecule has 2 aromatic rings. The lowest BCUT2D eigenvalue weighted by Crippen LogP contribution is -2.17. The Morgan fingerprint density at radius 1 is 0.931 bits per heavy atom. The van der Waals surface area contributed by atoms with Crippen molar-refractivity contribution in [2.75, 3.05) is 14.2 Å². The van der Waals surface area contributed by atoms with Crippen molar-refractivity contribution in [2.24, 2.45) is 0 Å². The zero-order valence-electron chi connectivity index (χ0n) is 15.6. The van der Waals surface area contributed by atoms with Crippen LogP contribution in [0.25, 0.3) is 0 Å². The van der Waals surface area contributed by atoms with Crippen LogP contribution in [0.15, 0.2) is 42.5 Å². The Bertz CT molecular complexity index is 805. The Kier molecular flexibility index (Phi) is 8.94. The number of hydrogen-bond acceptors (Lipinski definition) is 5. The molecule has 0 aliphatic rings. The first-order chi connectivity index (χ1) is 13.6. The average Bonchev–Trinajstić information content (AvgIpc) is 2.67. The van der Waals surface area contributed by atoms with E-state index in [0.717, 1.165) is 11.6 Å². The molecule has 7 nitrogen and oxygen atoms in total. The van der Waals surface area contributed by atoms with Crippen molar-refractivity contribution >= 4 is 11.9 Å². The Morgan fingerprint density at radius 3 is 1.90 bits per heavy atom. The van der Waals surface area contributed by atoms with E-state index in [2.05, 4.69) is 5.32 Å². The lowest BCUT2D eigenvalue weighted by molar-refractivity contribution is -0.159. The number of ether oxygens (including phenoxy) is 2. The molecule has 0 atom stereocenters. The number of carboxylic acids is 2. The minimum atomic E-state index is -4.35. The highest BCUT2D eigenvalue weighted by atomic mass is 19.4. The lowest BCUT2D eigenvalue weighted by Gasteiger charge is -2.14. The van der Waals surface area contributed by atoms with Crippen molar-refractivity contribution in [1.82, 2.24) is 5.32 Å². The normalized spacial score (nSPS) is 10.5. The molecule has 2 aromatic carbocycles. The summed E-state index contributed by atoms with van der Waals surface area (Å²) in [5, 5.41) is 17.8. The van der Waals surface area contributed by atoms with Crippen molar-refractivity contribution < 1.29 is 42.4 Å². The fraction of sp³-hybridized carbons (Fsp3) is 0.263. The number of alkyl halides is 3. The minimum Gasteiger partial charge on any atom is -0.497 e. The molecule has 0 fully saturated rings. The van der Waals surface area contributed by atoms with Gasteiger partial charge in [0.25, 0.3) is 0 Å². The molecule has 0 unspecified atom stereocenters. The van der Waals surface area contributed by atoms with Crippen LogP contribution >= 0.6 is 0 Å². The van der Waals surface area contributed by atoms with Gasteiger partial charge in [0.05, 0.1) is 19.8 Å². The molecule has 2 rings (SSSR count). The van der Waals surface area contributed by atoms with Gasteiger partial charge in [-0.05, 0) is 29.3 Å². The minimum absolute atomic E-state index is 0.120. The highest BCUT2D eigenvalue weighted by Crippen LogP contribution is 2.31. The third-order valence-electron chi connectivity index (χ3n) is 3.56. The average molecular weight is 415 g/mol. The summed E-state index contributed by atoms with van der Waals surface area (Å²) in [6, 6.07) is 10.9. The molecule has 158 valence electrons. The molecule has 0 aliphatic heterocycles. The predicted octanol–water partition coefficient (Wildman–Crippen LogP) is 3.17. The van der Waals surface area contributed by atoms with Crippen LogP contribution in [0, 0.1) is 0 Å². The van der Waals surface area contributed by atoms with Gasteiger partial charge < -0.3 is 25.0 Å². The van der Waals surface area contributed by atoms with Crippen molar-refractivity contribution in [1.29, 1.82) is 0 Å². The number of nitrogens with one attached hydrogen (secondary N) is 1. The van der Waals surface area contributed by atoms with E-state index in [1.807, 2.05) is 12.1 Å². The number of carbonyl (C=O) groups is 2. The van der Waals surface area contributed by atoms with Crippen molar-refractivity contribution in [3.05, 3.63) is 59.2 Å². The van der Waals surface area contributed by atoms with Crippen LogP contribution in [-0.4, -0.2) is 36.4 Å². The molecule has 0 aliphatic carbocycles.